The lowest BCUT2D eigenvalue weighted by molar-refractivity contribution is 0.284. The normalized spacial score (nSPS) is 12.3. The van der Waals surface area contributed by atoms with Crippen molar-refractivity contribution in [2.24, 2.45) is 7.05 Å². The van der Waals surface area contributed by atoms with E-state index < -0.39 is 0 Å². The fourth-order valence-electron chi connectivity index (χ4n) is 2.21. The monoisotopic (exact) mass is 274 g/mol. The zero-order valence-corrected chi connectivity index (χ0v) is 12.3. The Balaban J connectivity index is 1.91. The first-order valence-corrected chi connectivity index (χ1v) is 6.98. The Kier molecular flexibility index (Phi) is 5.12. The maximum Gasteiger partial charge on any atom is 0.119 e. The Morgan fingerprint density at radius 1 is 1.40 bits per heavy atom. The molecule has 5 heteroatoms. The number of aryl methyl sites for hydroxylation is 2. The summed E-state index contributed by atoms with van der Waals surface area (Å²) in [6.45, 7) is 5.72. The molecule has 5 nitrogen and oxygen atoms in total. The van der Waals surface area contributed by atoms with E-state index in [1.54, 1.807) is 10.9 Å². The van der Waals surface area contributed by atoms with E-state index in [1.807, 2.05) is 25.2 Å². The summed E-state index contributed by atoms with van der Waals surface area (Å²) in [4.78, 5) is 0. The Morgan fingerprint density at radius 3 is 2.90 bits per heavy atom. The molecule has 0 fully saturated rings. The van der Waals surface area contributed by atoms with Gasteiger partial charge in [-0.1, -0.05) is 24.3 Å². The van der Waals surface area contributed by atoms with Crippen LogP contribution in [-0.2, 0) is 7.05 Å². The number of benzene rings is 1. The number of nitrogens with zero attached hydrogens (tertiary/aromatic N) is 3. The Labute approximate surface area is 120 Å². The van der Waals surface area contributed by atoms with Gasteiger partial charge in [0.2, 0.25) is 0 Å². The maximum absolute atomic E-state index is 5.81. The van der Waals surface area contributed by atoms with E-state index >= 15 is 0 Å². The minimum absolute atomic E-state index is 0.213. The number of hydrogen-bond donors (Lipinski definition) is 1. The quantitative estimate of drug-likeness (QED) is 0.841. The number of rotatable bonds is 7. The van der Waals surface area contributed by atoms with Gasteiger partial charge in [-0.25, -0.2) is 0 Å². The Morgan fingerprint density at radius 2 is 2.25 bits per heavy atom. The highest BCUT2D eigenvalue weighted by Crippen LogP contribution is 2.17. The zero-order chi connectivity index (χ0) is 14.4. The predicted molar refractivity (Wildman–Crippen MR) is 78.7 cm³/mol. The molecule has 0 saturated carbocycles. The molecule has 108 valence electrons. The van der Waals surface area contributed by atoms with E-state index in [-0.39, 0.29) is 6.04 Å². The summed E-state index contributed by atoms with van der Waals surface area (Å²) in [5, 5.41) is 11.4. The van der Waals surface area contributed by atoms with Crippen LogP contribution in [0, 0.1) is 6.92 Å². The fourth-order valence-corrected chi connectivity index (χ4v) is 2.21. The first-order chi connectivity index (χ1) is 9.70. The van der Waals surface area contributed by atoms with Crippen LogP contribution in [0.1, 0.15) is 30.6 Å². The Bertz CT molecular complexity index is 538. The third kappa shape index (κ3) is 3.81. The van der Waals surface area contributed by atoms with Gasteiger partial charge in [0.25, 0.3) is 0 Å². The van der Waals surface area contributed by atoms with Gasteiger partial charge in [-0.05, 0) is 31.2 Å². The largest absolute Gasteiger partial charge is 0.494 e. The van der Waals surface area contributed by atoms with Crippen molar-refractivity contribution in [3.05, 3.63) is 41.7 Å². The van der Waals surface area contributed by atoms with E-state index in [1.165, 1.54) is 5.56 Å². The molecular formula is C15H22N4O. The number of ether oxygens (including phenoxy) is 1. The second kappa shape index (κ2) is 7.05. The SMILES string of the molecule is CCNC(CCOc1cccc(C)c1)c1cnnn1C. The molecule has 1 aromatic heterocycles. The van der Waals surface area contributed by atoms with Crippen molar-refractivity contribution in [1.29, 1.82) is 0 Å². The van der Waals surface area contributed by atoms with Crippen LogP contribution in [0.4, 0.5) is 0 Å². The van der Waals surface area contributed by atoms with Gasteiger partial charge in [0, 0.05) is 13.5 Å². The molecular weight excluding hydrogens is 252 g/mol. The van der Waals surface area contributed by atoms with Crippen molar-refractivity contribution in [3.63, 3.8) is 0 Å². The summed E-state index contributed by atoms with van der Waals surface area (Å²) in [7, 11) is 1.91. The third-order valence-corrected chi connectivity index (χ3v) is 3.22. The van der Waals surface area contributed by atoms with Gasteiger partial charge in [-0.15, -0.1) is 5.10 Å². The van der Waals surface area contributed by atoms with E-state index in [9.17, 15) is 0 Å². The van der Waals surface area contributed by atoms with E-state index in [0.717, 1.165) is 24.4 Å². The van der Waals surface area contributed by atoms with E-state index in [4.69, 9.17) is 4.74 Å². The molecule has 20 heavy (non-hydrogen) atoms. The summed E-state index contributed by atoms with van der Waals surface area (Å²) in [5.41, 5.74) is 2.29. The first-order valence-electron chi connectivity index (χ1n) is 6.98. The van der Waals surface area contributed by atoms with Crippen LogP contribution in [0.2, 0.25) is 0 Å². The summed E-state index contributed by atoms with van der Waals surface area (Å²) >= 11 is 0. The topological polar surface area (TPSA) is 52.0 Å². The highest BCUT2D eigenvalue weighted by atomic mass is 16.5. The molecule has 1 aromatic carbocycles. The average molecular weight is 274 g/mol. The van der Waals surface area contributed by atoms with Gasteiger partial charge in [-0.2, -0.15) is 0 Å². The van der Waals surface area contributed by atoms with Crippen LogP contribution in [0.3, 0.4) is 0 Å². The molecule has 0 spiro atoms. The van der Waals surface area contributed by atoms with Gasteiger partial charge >= 0.3 is 0 Å². The molecule has 1 atom stereocenters. The summed E-state index contributed by atoms with van der Waals surface area (Å²) in [6.07, 6.45) is 2.68. The molecule has 0 saturated heterocycles. The van der Waals surface area contributed by atoms with Crippen LogP contribution in [-0.4, -0.2) is 28.1 Å². The molecule has 1 unspecified atom stereocenters. The predicted octanol–water partition coefficient (Wildman–Crippen LogP) is 2.24. The molecule has 2 aromatic rings. The van der Waals surface area contributed by atoms with Crippen LogP contribution >= 0.6 is 0 Å². The molecule has 1 heterocycles. The average Bonchev–Trinajstić information content (AvgIpc) is 2.84. The van der Waals surface area contributed by atoms with Gasteiger partial charge < -0.3 is 10.1 Å². The minimum Gasteiger partial charge on any atom is -0.494 e. The first kappa shape index (κ1) is 14.5. The van der Waals surface area contributed by atoms with Gasteiger partial charge in [0.05, 0.1) is 24.5 Å². The second-order valence-corrected chi connectivity index (χ2v) is 4.85. The van der Waals surface area contributed by atoms with Crippen molar-refractivity contribution in [2.75, 3.05) is 13.2 Å². The second-order valence-electron chi connectivity index (χ2n) is 4.85. The smallest absolute Gasteiger partial charge is 0.119 e. The standard InChI is InChI=1S/C15H22N4O/c1-4-16-14(15-11-17-18-19(15)3)8-9-20-13-7-5-6-12(2)10-13/h5-7,10-11,14,16H,4,8-9H2,1-3H3. The van der Waals surface area contributed by atoms with Crippen molar-refractivity contribution in [2.45, 2.75) is 26.3 Å². The minimum atomic E-state index is 0.213. The van der Waals surface area contributed by atoms with Gasteiger partial charge in [0.15, 0.2) is 0 Å². The third-order valence-electron chi connectivity index (χ3n) is 3.22. The number of aromatic nitrogens is 3. The lowest BCUT2D eigenvalue weighted by atomic mass is 10.1. The lowest BCUT2D eigenvalue weighted by Gasteiger charge is -2.17. The van der Waals surface area contributed by atoms with Gasteiger partial charge in [-0.3, -0.25) is 4.68 Å². The highest BCUT2D eigenvalue weighted by Gasteiger charge is 2.14. The Hall–Kier alpha value is -1.88. The zero-order valence-electron chi connectivity index (χ0n) is 12.3. The van der Waals surface area contributed by atoms with E-state index in [2.05, 4.69) is 35.5 Å². The molecule has 0 bridgehead atoms. The van der Waals surface area contributed by atoms with Gasteiger partial charge in [0.1, 0.15) is 5.75 Å². The van der Waals surface area contributed by atoms with Crippen molar-refractivity contribution in [3.8, 4) is 5.75 Å². The summed E-state index contributed by atoms with van der Waals surface area (Å²) in [5.74, 6) is 0.920. The molecule has 0 radical (unpaired) electrons. The molecule has 0 amide bonds. The van der Waals surface area contributed by atoms with Crippen LogP contribution in [0.5, 0.6) is 5.75 Å². The maximum atomic E-state index is 5.81. The van der Waals surface area contributed by atoms with Crippen LogP contribution < -0.4 is 10.1 Å². The summed E-state index contributed by atoms with van der Waals surface area (Å²) in [6, 6.07) is 8.33. The fraction of sp³-hybridized carbons (Fsp3) is 0.467. The number of hydrogen-bond acceptors (Lipinski definition) is 4. The van der Waals surface area contributed by atoms with Crippen LogP contribution in [0.25, 0.3) is 0 Å². The lowest BCUT2D eigenvalue weighted by Crippen LogP contribution is -2.25. The van der Waals surface area contributed by atoms with Crippen molar-refractivity contribution >= 4 is 0 Å². The molecule has 0 aliphatic carbocycles. The highest BCUT2D eigenvalue weighted by molar-refractivity contribution is 5.27. The van der Waals surface area contributed by atoms with Crippen molar-refractivity contribution in [1.82, 2.24) is 20.3 Å². The molecule has 1 N–H and O–H groups in total. The molecule has 0 aliphatic heterocycles. The van der Waals surface area contributed by atoms with E-state index in [0.29, 0.717) is 6.61 Å². The molecule has 2 rings (SSSR count). The number of nitrogens with one attached hydrogen (secondary N) is 1. The summed E-state index contributed by atoms with van der Waals surface area (Å²) < 4.78 is 7.62. The van der Waals surface area contributed by atoms with Crippen molar-refractivity contribution < 1.29 is 4.74 Å². The molecule has 0 aliphatic rings. The van der Waals surface area contributed by atoms with Crippen LogP contribution in [0.15, 0.2) is 30.5 Å².